The molecule has 1 aromatic heterocycles. The van der Waals surface area contributed by atoms with E-state index < -0.39 is 5.92 Å². The zero-order chi connectivity index (χ0) is 24.5. The van der Waals surface area contributed by atoms with E-state index in [1.807, 2.05) is 71.6 Å². The maximum absolute atomic E-state index is 14.4. The van der Waals surface area contributed by atoms with Crippen molar-refractivity contribution in [1.82, 2.24) is 9.88 Å². The zero-order valence-corrected chi connectivity index (χ0v) is 21.3. The summed E-state index contributed by atoms with van der Waals surface area (Å²) in [5, 5.41) is 1.36. The molecular formula is C28H26ClN3O3S. The summed E-state index contributed by atoms with van der Waals surface area (Å²) in [4.78, 5) is 23.5. The van der Waals surface area contributed by atoms with Crippen LogP contribution >= 0.6 is 22.9 Å². The molecule has 0 atom stereocenters. The first-order valence-electron chi connectivity index (χ1n) is 12.2. The van der Waals surface area contributed by atoms with Crippen molar-refractivity contribution in [3.8, 4) is 11.5 Å². The van der Waals surface area contributed by atoms with Gasteiger partial charge in [0.15, 0.2) is 5.13 Å². The van der Waals surface area contributed by atoms with Crippen LogP contribution in [-0.4, -0.2) is 55.2 Å². The molecule has 0 radical (unpaired) electrons. The van der Waals surface area contributed by atoms with Crippen molar-refractivity contribution in [3.63, 3.8) is 0 Å². The molecule has 4 aromatic rings. The van der Waals surface area contributed by atoms with Crippen molar-refractivity contribution in [3.05, 3.63) is 82.9 Å². The number of nitrogens with zero attached hydrogens (tertiary/aromatic N) is 3. The summed E-state index contributed by atoms with van der Waals surface area (Å²) in [6, 6.07) is 21.3. The number of anilines is 1. The van der Waals surface area contributed by atoms with Gasteiger partial charge in [-0.2, -0.15) is 0 Å². The number of benzene rings is 3. The number of hydrogen-bond acceptors (Lipinski definition) is 6. The number of fused-ring (bicyclic) bond motifs is 3. The van der Waals surface area contributed by atoms with E-state index in [9.17, 15) is 4.79 Å². The van der Waals surface area contributed by atoms with Crippen molar-refractivity contribution >= 4 is 44.2 Å². The Labute approximate surface area is 219 Å². The fourth-order valence-corrected chi connectivity index (χ4v) is 6.18. The average Bonchev–Trinajstić information content (AvgIpc) is 3.32. The minimum absolute atomic E-state index is 0.00494. The normalized spacial score (nSPS) is 15.8. The van der Waals surface area contributed by atoms with Crippen LogP contribution in [0.1, 0.15) is 23.5 Å². The van der Waals surface area contributed by atoms with Gasteiger partial charge in [0.05, 0.1) is 29.3 Å². The van der Waals surface area contributed by atoms with Crippen LogP contribution in [0.2, 0.25) is 5.02 Å². The molecule has 0 saturated carbocycles. The summed E-state index contributed by atoms with van der Waals surface area (Å²) in [5.41, 5.74) is 2.60. The van der Waals surface area contributed by atoms with Gasteiger partial charge in [-0.15, -0.1) is 0 Å². The molecule has 6 rings (SSSR count). The number of morpholine rings is 1. The minimum atomic E-state index is -0.467. The lowest BCUT2D eigenvalue weighted by molar-refractivity contribution is -0.119. The highest BCUT2D eigenvalue weighted by Crippen LogP contribution is 2.45. The van der Waals surface area contributed by atoms with Crippen molar-refractivity contribution in [1.29, 1.82) is 0 Å². The van der Waals surface area contributed by atoms with Crippen LogP contribution in [0, 0.1) is 0 Å². The van der Waals surface area contributed by atoms with Crippen molar-refractivity contribution in [2.24, 2.45) is 0 Å². The molecule has 1 fully saturated rings. The Hall–Kier alpha value is -2.97. The molecule has 2 aliphatic heterocycles. The van der Waals surface area contributed by atoms with Gasteiger partial charge in [-0.25, -0.2) is 4.98 Å². The van der Waals surface area contributed by atoms with E-state index in [2.05, 4.69) is 4.90 Å². The highest BCUT2D eigenvalue weighted by atomic mass is 35.5. The van der Waals surface area contributed by atoms with E-state index in [4.69, 9.17) is 26.1 Å². The molecule has 3 aromatic carbocycles. The Kier molecular flexibility index (Phi) is 6.63. The third kappa shape index (κ3) is 4.60. The van der Waals surface area contributed by atoms with Crippen molar-refractivity contribution < 1.29 is 14.3 Å². The number of thiazole rings is 1. The van der Waals surface area contributed by atoms with Gasteiger partial charge in [-0.05, 0) is 36.8 Å². The van der Waals surface area contributed by atoms with Crippen LogP contribution in [0.3, 0.4) is 0 Å². The number of aromatic nitrogens is 1. The van der Waals surface area contributed by atoms with Gasteiger partial charge in [0.1, 0.15) is 11.5 Å². The standard InChI is InChI=1S/C28H26ClN3O3S/c29-19-10-11-22-25(18-19)36-28(30-22)32(13-5-12-31-14-16-34-17-15-31)27(33)26-20-6-1-3-8-23(20)35-24-9-4-2-7-21(24)26/h1-4,6-11,18,26H,5,12-17H2. The number of hydrogen-bond donors (Lipinski definition) is 0. The molecule has 6 nitrogen and oxygen atoms in total. The van der Waals surface area contributed by atoms with Crippen molar-refractivity contribution in [2.75, 3.05) is 44.3 Å². The third-order valence-corrected chi connectivity index (χ3v) is 8.00. The number of carbonyl (C=O) groups excluding carboxylic acids is 1. The van der Waals surface area contributed by atoms with E-state index in [1.54, 1.807) is 0 Å². The maximum Gasteiger partial charge on any atom is 0.241 e. The highest BCUT2D eigenvalue weighted by Gasteiger charge is 2.36. The third-order valence-electron chi connectivity index (χ3n) is 6.72. The molecular weight excluding hydrogens is 494 g/mol. The number of rotatable bonds is 6. The second-order valence-electron chi connectivity index (χ2n) is 9.02. The Balaban J connectivity index is 1.36. The van der Waals surface area contributed by atoms with Gasteiger partial charge in [0.25, 0.3) is 0 Å². The SMILES string of the molecule is O=C(C1c2ccccc2Oc2ccccc21)N(CCCN1CCOCC1)c1nc2ccc(Cl)cc2s1. The number of carbonyl (C=O) groups is 1. The summed E-state index contributed by atoms with van der Waals surface area (Å²) >= 11 is 7.75. The lowest BCUT2D eigenvalue weighted by Crippen LogP contribution is -2.40. The number of halogens is 1. The fraction of sp³-hybridized carbons (Fsp3) is 0.286. The van der Waals surface area contributed by atoms with Crippen LogP contribution in [0.4, 0.5) is 5.13 Å². The monoisotopic (exact) mass is 519 g/mol. The fourth-order valence-electron chi connectivity index (χ4n) is 4.91. The second-order valence-corrected chi connectivity index (χ2v) is 10.5. The Morgan fingerprint density at radius 2 is 1.72 bits per heavy atom. The summed E-state index contributed by atoms with van der Waals surface area (Å²) < 4.78 is 12.6. The first-order chi connectivity index (χ1) is 17.7. The molecule has 0 aliphatic carbocycles. The van der Waals surface area contributed by atoms with E-state index in [1.165, 1.54) is 11.3 Å². The van der Waals surface area contributed by atoms with Gasteiger partial charge < -0.3 is 9.47 Å². The molecule has 184 valence electrons. The molecule has 1 saturated heterocycles. The largest absolute Gasteiger partial charge is 0.457 e. The van der Waals surface area contributed by atoms with Gasteiger partial charge in [-0.1, -0.05) is 59.3 Å². The number of para-hydroxylation sites is 2. The van der Waals surface area contributed by atoms with Gasteiger partial charge in [0.2, 0.25) is 5.91 Å². The zero-order valence-electron chi connectivity index (χ0n) is 19.7. The second kappa shape index (κ2) is 10.2. The topological polar surface area (TPSA) is 54.9 Å². The Morgan fingerprint density at radius 1 is 1.03 bits per heavy atom. The first-order valence-corrected chi connectivity index (χ1v) is 13.4. The van der Waals surface area contributed by atoms with Crippen molar-refractivity contribution in [2.45, 2.75) is 12.3 Å². The summed E-state index contributed by atoms with van der Waals surface area (Å²) in [6.07, 6.45) is 0.842. The average molecular weight is 520 g/mol. The highest BCUT2D eigenvalue weighted by molar-refractivity contribution is 7.22. The lowest BCUT2D eigenvalue weighted by Gasteiger charge is -2.32. The van der Waals surface area contributed by atoms with Gasteiger partial charge in [-0.3, -0.25) is 14.6 Å². The molecule has 8 heteroatoms. The molecule has 36 heavy (non-hydrogen) atoms. The van der Waals surface area contributed by atoms with Crippen LogP contribution in [0.25, 0.3) is 10.2 Å². The van der Waals surface area contributed by atoms with E-state index in [0.29, 0.717) is 16.7 Å². The van der Waals surface area contributed by atoms with E-state index in [-0.39, 0.29) is 5.91 Å². The summed E-state index contributed by atoms with van der Waals surface area (Å²) in [7, 11) is 0. The molecule has 3 heterocycles. The molecule has 2 aliphatic rings. The minimum Gasteiger partial charge on any atom is -0.457 e. The Morgan fingerprint density at radius 3 is 2.44 bits per heavy atom. The molecule has 0 unspecified atom stereocenters. The Bertz CT molecular complexity index is 1360. The number of amides is 1. The smallest absolute Gasteiger partial charge is 0.241 e. The predicted molar refractivity (Wildman–Crippen MR) is 144 cm³/mol. The lowest BCUT2D eigenvalue weighted by atomic mass is 9.87. The van der Waals surface area contributed by atoms with Crippen LogP contribution < -0.4 is 9.64 Å². The predicted octanol–water partition coefficient (Wildman–Crippen LogP) is 5.94. The van der Waals surface area contributed by atoms with Crippen LogP contribution in [0.5, 0.6) is 11.5 Å². The quantitative estimate of drug-likeness (QED) is 0.315. The van der Waals surface area contributed by atoms with E-state index >= 15 is 0 Å². The molecule has 0 bridgehead atoms. The summed E-state index contributed by atoms with van der Waals surface area (Å²) in [5.74, 6) is 0.980. The molecule has 0 spiro atoms. The van der Waals surface area contributed by atoms with Crippen LogP contribution in [-0.2, 0) is 9.53 Å². The van der Waals surface area contributed by atoms with Gasteiger partial charge >= 0.3 is 0 Å². The molecule has 0 N–H and O–H groups in total. The van der Waals surface area contributed by atoms with E-state index in [0.717, 1.165) is 72.1 Å². The van der Waals surface area contributed by atoms with Crippen LogP contribution in [0.15, 0.2) is 66.7 Å². The number of ether oxygens (including phenoxy) is 2. The maximum atomic E-state index is 14.4. The van der Waals surface area contributed by atoms with Gasteiger partial charge in [0, 0.05) is 42.3 Å². The summed E-state index contributed by atoms with van der Waals surface area (Å²) in [6.45, 7) is 4.85. The first kappa shape index (κ1) is 23.4. The molecule has 1 amide bonds.